The fraction of sp³-hybridized carbons (Fsp3) is 0.652. The average Bonchev–Trinajstić information content (AvgIpc) is 3.34. The van der Waals surface area contributed by atoms with Gasteiger partial charge in [-0.15, -0.1) is 23.5 Å². The number of aliphatic hydroxyl groups excluding tert-OH is 1. The van der Waals surface area contributed by atoms with Crippen LogP contribution < -0.4 is 0 Å². The van der Waals surface area contributed by atoms with Crippen molar-refractivity contribution in [2.75, 3.05) is 18.6 Å². The van der Waals surface area contributed by atoms with E-state index in [1.165, 1.54) is 0 Å². The molecule has 172 valence electrons. The van der Waals surface area contributed by atoms with E-state index in [9.17, 15) is 20.1 Å². The number of carboxylic acid groups (broad SMARTS) is 1. The summed E-state index contributed by atoms with van der Waals surface area (Å²) in [6, 6.07) is 5.50. The van der Waals surface area contributed by atoms with Gasteiger partial charge in [-0.3, -0.25) is 14.7 Å². The summed E-state index contributed by atoms with van der Waals surface area (Å²) in [6.07, 6.45) is 3.38. The number of phenols is 1. The Bertz CT molecular complexity index is 830. The van der Waals surface area contributed by atoms with E-state index in [-0.39, 0.29) is 23.2 Å². The van der Waals surface area contributed by atoms with Crippen LogP contribution in [0.1, 0.15) is 51.2 Å². The quantitative estimate of drug-likeness (QED) is 0.476. The molecule has 0 spiro atoms. The van der Waals surface area contributed by atoms with Crippen molar-refractivity contribution < 1.29 is 20.1 Å². The van der Waals surface area contributed by atoms with Crippen LogP contribution in [0.3, 0.4) is 0 Å². The van der Waals surface area contributed by atoms with Crippen LogP contribution in [0.5, 0.6) is 5.75 Å². The molecule has 2 heterocycles. The first-order valence-electron chi connectivity index (χ1n) is 10.9. The number of rotatable bonds is 9. The van der Waals surface area contributed by atoms with E-state index in [0.29, 0.717) is 5.75 Å². The Kier molecular flexibility index (Phi) is 8.00. The van der Waals surface area contributed by atoms with Crippen LogP contribution in [0.25, 0.3) is 0 Å². The lowest BCUT2D eigenvalue weighted by atomic mass is 9.82. The number of carbonyl (C=O) groups is 1. The normalized spacial score (nSPS) is 25.6. The molecule has 3 N–H and O–H groups in total. The van der Waals surface area contributed by atoms with Gasteiger partial charge in [0.15, 0.2) is 0 Å². The van der Waals surface area contributed by atoms with Crippen LogP contribution in [0.15, 0.2) is 23.2 Å². The van der Waals surface area contributed by atoms with Crippen molar-refractivity contribution >= 4 is 34.5 Å². The molecule has 0 radical (unpaired) electrons. The number of phenolic OH excluding ortho intramolecular Hbond substituents is 1. The zero-order chi connectivity index (χ0) is 22.8. The first-order valence-corrected chi connectivity index (χ1v) is 13.0. The summed E-state index contributed by atoms with van der Waals surface area (Å²) in [5, 5.41) is 31.8. The fourth-order valence-electron chi connectivity index (χ4n) is 4.20. The Morgan fingerprint density at radius 1 is 1.32 bits per heavy atom. The zero-order valence-electron chi connectivity index (χ0n) is 18.7. The number of hydrogen-bond donors (Lipinski definition) is 3. The summed E-state index contributed by atoms with van der Waals surface area (Å²) >= 11 is 3.40. The molecule has 8 heteroatoms. The molecular formula is C23H34N2O4S2. The minimum Gasteiger partial charge on any atom is -0.507 e. The summed E-state index contributed by atoms with van der Waals surface area (Å²) in [5.41, 5.74) is 0.792. The second kappa shape index (κ2) is 10.1. The van der Waals surface area contributed by atoms with E-state index >= 15 is 0 Å². The maximum Gasteiger partial charge on any atom is 0.311 e. The molecule has 0 aliphatic carbocycles. The van der Waals surface area contributed by atoms with Gasteiger partial charge >= 0.3 is 5.97 Å². The lowest BCUT2D eigenvalue weighted by molar-refractivity contribution is -0.155. The van der Waals surface area contributed by atoms with Crippen LogP contribution in [0.2, 0.25) is 0 Å². The maximum absolute atomic E-state index is 11.6. The lowest BCUT2D eigenvalue weighted by Crippen LogP contribution is -2.52. The highest BCUT2D eigenvalue weighted by molar-refractivity contribution is 8.14. The number of aliphatic imine (C=N–C) groups is 1. The van der Waals surface area contributed by atoms with Gasteiger partial charge in [0.2, 0.25) is 0 Å². The number of aryl methyl sites for hydroxylation is 1. The van der Waals surface area contributed by atoms with Gasteiger partial charge in [0.05, 0.1) is 28.5 Å². The smallest absolute Gasteiger partial charge is 0.311 e. The topological polar surface area (TPSA) is 93.4 Å². The molecular weight excluding hydrogens is 432 g/mol. The Balaban J connectivity index is 1.76. The van der Waals surface area contributed by atoms with Gasteiger partial charge in [-0.2, -0.15) is 0 Å². The van der Waals surface area contributed by atoms with Crippen molar-refractivity contribution in [3.05, 3.63) is 29.3 Å². The minimum absolute atomic E-state index is 0.0308. The molecule has 1 saturated heterocycles. The van der Waals surface area contributed by atoms with Crippen LogP contribution in [0, 0.1) is 5.41 Å². The van der Waals surface area contributed by atoms with Crippen molar-refractivity contribution in [3.63, 3.8) is 0 Å². The number of hydrogen-bond acceptors (Lipinski definition) is 7. The third kappa shape index (κ3) is 5.07. The molecule has 0 amide bonds. The number of likely N-dealkylation sites (N-methyl/N-ethyl adjacent to an activating group) is 1. The Morgan fingerprint density at radius 3 is 2.74 bits per heavy atom. The molecule has 6 nitrogen and oxygen atoms in total. The van der Waals surface area contributed by atoms with Crippen molar-refractivity contribution in [3.8, 4) is 5.75 Å². The number of benzene rings is 1. The zero-order valence-corrected chi connectivity index (χ0v) is 20.4. The van der Waals surface area contributed by atoms with Gasteiger partial charge in [-0.05, 0) is 45.4 Å². The molecule has 3 rings (SSSR count). The summed E-state index contributed by atoms with van der Waals surface area (Å²) in [5.74, 6) is 0.772. The van der Waals surface area contributed by atoms with Gasteiger partial charge in [0.1, 0.15) is 10.8 Å². The van der Waals surface area contributed by atoms with Crippen LogP contribution in [-0.4, -0.2) is 73.3 Å². The number of aliphatic carboxylic acids is 1. The highest BCUT2D eigenvalue weighted by Gasteiger charge is 2.48. The number of aliphatic hydroxyl groups is 1. The van der Waals surface area contributed by atoms with E-state index < -0.39 is 17.5 Å². The number of thioether (sulfide) groups is 2. The summed E-state index contributed by atoms with van der Waals surface area (Å²) < 4.78 is 0. The van der Waals surface area contributed by atoms with Crippen molar-refractivity contribution in [2.45, 2.75) is 70.0 Å². The maximum atomic E-state index is 11.6. The second-order valence-corrected chi connectivity index (χ2v) is 11.2. The number of aromatic hydroxyl groups is 1. The highest BCUT2D eigenvalue weighted by atomic mass is 32.2. The monoisotopic (exact) mass is 466 g/mol. The third-order valence-corrected chi connectivity index (χ3v) is 9.03. The molecule has 4 atom stereocenters. The van der Waals surface area contributed by atoms with Gasteiger partial charge in [0, 0.05) is 17.5 Å². The van der Waals surface area contributed by atoms with Gasteiger partial charge in [0.25, 0.3) is 0 Å². The highest BCUT2D eigenvalue weighted by Crippen LogP contribution is 2.41. The largest absolute Gasteiger partial charge is 0.507 e. The predicted molar refractivity (Wildman–Crippen MR) is 129 cm³/mol. The first kappa shape index (κ1) is 24.4. The molecule has 0 saturated carbocycles. The Hall–Kier alpha value is -1.22. The fourth-order valence-corrected chi connectivity index (χ4v) is 7.08. The van der Waals surface area contributed by atoms with Crippen LogP contribution in [0.4, 0.5) is 0 Å². The second-order valence-electron chi connectivity index (χ2n) is 9.01. The molecule has 1 aromatic rings. The van der Waals surface area contributed by atoms with Crippen molar-refractivity contribution in [1.82, 2.24) is 4.90 Å². The predicted octanol–water partition coefficient (Wildman–Crippen LogP) is 3.83. The van der Waals surface area contributed by atoms with Gasteiger partial charge in [-0.25, -0.2) is 0 Å². The SMILES string of the molecule is CCCCCc1cccc(O)c1C1=N[C@@H]([C@H]2SC[C@@H]([C@@H](O)C(C)(C)C(=O)O)N2C)CS1. The number of nitrogens with zero attached hydrogens (tertiary/aromatic N) is 2. The van der Waals surface area contributed by atoms with Gasteiger partial charge in [-0.1, -0.05) is 31.9 Å². The number of unbranched alkanes of at least 4 members (excludes halogenated alkanes) is 2. The first-order chi connectivity index (χ1) is 14.7. The molecule has 1 fully saturated rings. The molecule has 0 bridgehead atoms. The van der Waals surface area contributed by atoms with E-state index in [4.69, 9.17) is 4.99 Å². The molecule has 0 unspecified atom stereocenters. The third-order valence-electron chi connectivity index (χ3n) is 6.41. The van der Waals surface area contributed by atoms with E-state index in [1.807, 2.05) is 13.1 Å². The average molecular weight is 467 g/mol. The Morgan fingerprint density at radius 2 is 2.06 bits per heavy atom. The summed E-state index contributed by atoms with van der Waals surface area (Å²) in [4.78, 5) is 18.7. The molecule has 31 heavy (non-hydrogen) atoms. The molecule has 1 aromatic carbocycles. The van der Waals surface area contributed by atoms with Crippen molar-refractivity contribution in [1.29, 1.82) is 0 Å². The van der Waals surface area contributed by atoms with Crippen LogP contribution >= 0.6 is 23.5 Å². The van der Waals surface area contributed by atoms with Crippen LogP contribution in [-0.2, 0) is 11.2 Å². The van der Waals surface area contributed by atoms with E-state index in [2.05, 4.69) is 17.9 Å². The summed E-state index contributed by atoms with van der Waals surface area (Å²) in [6.45, 7) is 5.33. The van der Waals surface area contributed by atoms with E-state index in [0.717, 1.165) is 47.6 Å². The molecule has 2 aliphatic heterocycles. The standard InChI is InChI=1S/C23H34N2O4S2/c1-5-6-7-9-14-10-8-11-17(26)18(14)20-24-15(12-30-20)21-25(4)16(13-31-21)19(27)23(2,3)22(28)29/h8,10-11,15-16,19,21,26-27H,5-7,9,12-13H2,1-4H3,(H,28,29)/t15-,16+,19-,21-/m1/s1. The molecule has 0 aromatic heterocycles. The van der Waals surface area contributed by atoms with Gasteiger partial charge < -0.3 is 15.3 Å². The summed E-state index contributed by atoms with van der Waals surface area (Å²) in [7, 11) is 1.95. The number of carboxylic acids is 1. The molecule has 2 aliphatic rings. The Labute approximate surface area is 193 Å². The van der Waals surface area contributed by atoms with E-state index in [1.54, 1.807) is 43.4 Å². The lowest BCUT2D eigenvalue weighted by Gasteiger charge is -2.35. The van der Waals surface area contributed by atoms with Crippen molar-refractivity contribution in [2.24, 2.45) is 10.4 Å². The minimum atomic E-state index is -1.21.